The Bertz CT molecular complexity index is 2430. The second-order valence-electron chi connectivity index (χ2n) is 16.8. The van der Waals surface area contributed by atoms with E-state index in [9.17, 15) is 0 Å². The maximum Gasteiger partial charge on any atom is -1.00 e. The Morgan fingerprint density at radius 3 is 1.59 bits per heavy atom. The normalized spacial score (nSPS) is 12.8. The molecule has 0 bridgehead atoms. The van der Waals surface area contributed by atoms with Gasteiger partial charge >= 0.3 is 342 Å². The molecular weight excluding hydrogens is 846 g/mol. The van der Waals surface area contributed by atoms with Crippen molar-refractivity contribution in [3.05, 3.63) is 192 Å². The summed E-state index contributed by atoms with van der Waals surface area (Å²) in [5.41, 5.74) is 16.2. The van der Waals surface area contributed by atoms with Crippen molar-refractivity contribution >= 4 is 29.7 Å². The van der Waals surface area contributed by atoms with Crippen LogP contribution in [0.2, 0.25) is 10.0 Å². The molecule has 0 spiro atoms. The van der Waals surface area contributed by atoms with Gasteiger partial charge in [0.05, 0.1) is 0 Å². The third-order valence-electron chi connectivity index (χ3n) is 11.0. The Morgan fingerprint density at radius 2 is 1.09 bits per heavy atom. The van der Waals surface area contributed by atoms with Gasteiger partial charge in [-0.3, -0.25) is 0 Å². The summed E-state index contributed by atoms with van der Waals surface area (Å²) in [6.07, 6.45) is 8.96. The first-order chi connectivity index (χ1) is 25.9. The molecule has 2 aliphatic rings. The fourth-order valence-electron chi connectivity index (χ4n) is 8.40. The zero-order valence-electron chi connectivity index (χ0n) is 32.8. The molecule has 8 rings (SSSR count). The van der Waals surface area contributed by atoms with Crippen LogP contribution in [0.25, 0.3) is 33.4 Å². The van der Waals surface area contributed by atoms with Crippen LogP contribution in [0.1, 0.15) is 81.3 Å². The molecule has 6 aromatic carbocycles. The summed E-state index contributed by atoms with van der Waals surface area (Å²) < 4.78 is 4.64. The molecule has 0 fully saturated rings. The molecule has 0 saturated heterocycles. The topological polar surface area (TPSA) is 0 Å². The fourth-order valence-corrected chi connectivity index (χ4v) is 17.1. The summed E-state index contributed by atoms with van der Waals surface area (Å²) in [7, 11) is 0. The number of allylic oxidation sites excluding steroid dienone is 4. The van der Waals surface area contributed by atoms with E-state index in [2.05, 4.69) is 187 Å². The van der Waals surface area contributed by atoms with Gasteiger partial charge in [0, 0.05) is 0 Å². The van der Waals surface area contributed by atoms with Crippen molar-refractivity contribution in [1.29, 1.82) is 0 Å². The molecule has 0 N–H and O–H groups in total. The minimum atomic E-state index is -3.12. The number of rotatable bonds is 6. The van der Waals surface area contributed by atoms with Crippen molar-refractivity contribution in [1.82, 2.24) is 0 Å². The zero-order chi connectivity index (χ0) is 37.8. The van der Waals surface area contributed by atoms with Crippen molar-refractivity contribution in [2.45, 2.75) is 65.2 Å². The van der Waals surface area contributed by atoms with E-state index in [1.165, 1.54) is 70.0 Å². The van der Waals surface area contributed by atoms with E-state index in [-0.39, 0.29) is 35.6 Å². The smallest absolute Gasteiger partial charge is 1.00 e. The Hall–Kier alpha value is -3.29. The van der Waals surface area contributed by atoms with Gasteiger partial charge in [-0.2, -0.15) is 0 Å². The monoisotopic (exact) mass is 888 g/mol. The fraction of sp³-hybridized carbons (Fsp3) is 0.196. The predicted molar refractivity (Wildman–Crippen MR) is 231 cm³/mol. The predicted octanol–water partition coefficient (Wildman–Crippen LogP) is 7.86. The van der Waals surface area contributed by atoms with E-state index < -0.39 is 21.3 Å². The molecule has 0 saturated carbocycles. The molecule has 0 atom stereocenters. The Morgan fingerprint density at radius 1 is 0.571 bits per heavy atom. The molecule has 6 aromatic rings. The van der Waals surface area contributed by atoms with Crippen LogP contribution < -0.4 is 28.1 Å². The van der Waals surface area contributed by atoms with Crippen molar-refractivity contribution in [2.75, 3.05) is 0 Å². The van der Waals surface area contributed by atoms with Gasteiger partial charge in [-0.15, -0.1) is 0 Å². The van der Waals surface area contributed by atoms with Crippen LogP contribution in [0.3, 0.4) is 0 Å². The standard InChI is InChI=1S/C33H33.C13H8Cl2.C5H5.2ClH.Zr/c1-32(2,3)30-20-26-24(18-28(30)22-13-9-7-10-14-22)17-25-19-29(23-15-11-8-12-16-23)31(21-27(25)26)33(4,5)6;14-12-5-1-10(2-6-12)9-11-3-7-13(15)8-4-11;1-2-4-5-3-1;;;/h7-16,18,20-21H,17H2,1-6H3;1-8H;1-3H,4H2;2*1H;/q;;;;;+2/p-2. The first-order valence-electron chi connectivity index (χ1n) is 19.0. The number of fused-ring (bicyclic) bond motifs is 3. The van der Waals surface area contributed by atoms with Crippen molar-refractivity contribution in [2.24, 2.45) is 0 Å². The van der Waals surface area contributed by atoms with E-state index in [4.69, 9.17) is 23.2 Å². The van der Waals surface area contributed by atoms with E-state index in [1.54, 1.807) is 6.55 Å². The largest absolute Gasteiger partial charge is 1.00 e. The SMILES string of the molecule is CC(C)(C)c1cc2c(cc1-c1ccccc1)Cc1c-2cc(C(C)(C)C)c(-c2ccccc2)[c]1[Zr+2]([C]1=CC=CC1)=[C](c1ccc(Cl)cc1)c1ccc(Cl)cc1.[Cl-].[Cl-]. The third-order valence-corrected chi connectivity index (χ3v) is 19.2. The van der Waals surface area contributed by atoms with Crippen LogP contribution in [0.15, 0.2) is 149 Å². The van der Waals surface area contributed by atoms with Crippen molar-refractivity contribution in [3.63, 3.8) is 0 Å². The molecule has 2 aliphatic carbocycles. The summed E-state index contributed by atoms with van der Waals surface area (Å²) in [4.78, 5) is 0. The average Bonchev–Trinajstić information content (AvgIpc) is 3.82. The van der Waals surface area contributed by atoms with Gasteiger partial charge in [-0.25, -0.2) is 0 Å². The number of hydrogen-bond donors (Lipinski definition) is 0. The van der Waals surface area contributed by atoms with Crippen LogP contribution in [-0.4, -0.2) is 3.21 Å². The van der Waals surface area contributed by atoms with Crippen molar-refractivity contribution in [3.8, 4) is 33.4 Å². The van der Waals surface area contributed by atoms with Crippen LogP contribution in [0.5, 0.6) is 0 Å². The molecule has 5 heteroatoms. The molecule has 0 radical (unpaired) electrons. The molecule has 282 valence electrons. The van der Waals surface area contributed by atoms with Gasteiger partial charge in [-0.1, -0.05) is 0 Å². The second-order valence-corrected chi connectivity index (χ2v) is 23.5. The molecule has 0 aromatic heterocycles. The summed E-state index contributed by atoms with van der Waals surface area (Å²) in [6, 6.07) is 47.0. The molecule has 0 aliphatic heterocycles. The van der Waals surface area contributed by atoms with E-state index in [1.807, 2.05) is 0 Å². The van der Waals surface area contributed by atoms with Crippen molar-refractivity contribution < 1.29 is 46.1 Å². The minimum absolute atomic E-state index is 0. The van der Waals surface area contributed by atoms with Gasteiger partial charge in [0.2, 0.25) is 0 Å². The van der Waals surface area contributed by atoms with Gasteiger partial charge in [0.15, 0.2) is 0 Å². The van der Waals surface area contributed by atoms with Gasteiger partial charge in [0.1, 0.15) is 0 Å². The van der Waals surface area contributed by atoms with Crippen LogP contribution in [-0.2, 0) is 38.5 Å². The average molecular weight is 892 g/mol. The molecule has 0 amide bonds. The van der Waals surface area contributed by atoms with E-state index in [0.29, 0.717) is 0 Å². The Balaban J connectivity index is 0.00000266. The molecule has 0 heterocycles. The number of hydrogen-bond acceptors (Lipinski definition) is 0. The summed E-state index contributed by atoms with van der Waals surface area (Å²) >= 11 is 10.0. The second kappa shape index (κ2) is 16.9. The maximum absolute atomic E-state index is 6.58. The van der Waals surface area contributed by atoms with Gasteiger partial charge < -0.3 is 24.8 Å². The molecule has 56 heavy (non-hydrogen) atoms. The molecular formula is C51H46Cl4Zr. The summed E-state index contributed by atoms with van der Waals surface area (Å²) in [6.45, 7) is 14.2. The third kappa shape index (κ3) is 8.19. The number of benzene rings is 6. The van der Waals surface area contributed by atoms with E-state index >= 15 is 0 Å². The van der Waals surface area contributed by atoms with Crippen LogP contribution >= 0.6 is 23.2 Å². The quantitative estimate of drug-likeness (QED) is 0.160. The van der Waals surface area contributed by atoms with Crippen LogP contribution in [0, 0.1) is 0 Å². The Kier molecular flexibility index (Phi) is 12.8. The molecule has 0 unspecified atom stereocenters. The first-order valence-corrected chi connectivity index (χ1v) is 23.4. The maximum atomic E-state index is 6.58. The van der Waals surface area contributed by atoms with Crippen LogP contribution in [0.4, 0.5) is 0 Å². The van der Waals surface area contributed by atoms with Gasteiger partial charge in [0.25, 0.3) is 0 Å². The summed E-state index contributed by atoms with van der Waals surface area (Å²) in [5.74, 6) is 0. The summed E-state index contributed by atoms with van der Waals surface area (Å²) in [5, 5.41) is 1.50. The first kappa shape index (κ1) is 42.3. The van der Waals surface area contributed by atoms with Gasteiger partial charge in [-0.05, 0) is 0 Å². The van der Waals surface area contributed by atoms with E-state index in [0.717, 1.165) is 22.9 Å². The number of halogens is 4. The molecule has 0 nitrogen and oxygen atoms in total. The zero-order valence-corrected chi connectivity index (χ0v) is 38.3. The minimum Gasteiger partial charge on any atom is -1.00 e. The Labute approximate surface area is 363 Å².